The molecule has 6 heteroatoms. The van der Waals surface area contributed by atoms with Crippen molar-refractivity contribution in [1.29, 1.82) is 0 Å². The average molecular weight is 503 g/mol. The number of carboxylic acids is 1. The third-order valence-electron chi connectivity index (χ3n) is 12.6. The first-order valence-corrected chi connectivity index (χ1v) is 14.1. The molecule has 4 aliphatic carbocycles. The van der Waals surface area contributed by atoms with Gasteiger partial charge in [0.25, 0.3) is 0 Å². The first-order valence-electron chi connectivity index (χ1n) is 14.1. The van der Waals surface area contributed by atoms with Crippen LogP contribution in [0.15, 0.2) is 11.6 Å². The number of carboxylic acid groups (broad SMARTS) is 1. The van der Waals surface area contributed by atoms with E-state index in [2.05, 4.69) is 20.8 Å². The molecule has 0 aromatic heterocycles. The second-order valence-corrected chi connectivity index (χ2v) is 14.3. The second kappa shape index (κ2) is 8.05. The molecule has 1 spiro atoms. The van der Waals surface area contributed by atoms with Crippen LogP contribution in [-0.2, 0) is 14.3 Å². The van der Waals surface area contributed by atoms with Gasteiger partial charge in [-0.1, -0.05) is 26.8 Å². The number of carbonyl (C=O) groups excluding carboxylic acids is 1. The molecule has 0 bridgehead atoms. The molecule has 10 atom stereocenters. The summed E-state index contributed by atoms with van der Waals surface area (Å²) in [5.41, 5.74) is -0.660. The number of hydrogen-bond acceptors (Lipinski definition) is 5. The van der Waals surface area contributed by atoms with E-state index in [4.69, 9.17) is 4.74 Å². The number of carbonyl (C=O) groups is 2. The van der Waals surface area contributed by atoms with Crippen molar-refractivity contribution in [3.05, 3.63) is 11.6 Å². The minimum atomic E-state index is -0.959. The van der Waals surface area contributed by atoms with Gasteiger partial charge in [0.05, 0.1) is 11.7 Å². The molecule has 0 saturated heterocycles. The maximum Gasteiger partial charge on any atom is 0.333 e. The third-order valence-corrected chi connectivity index (χ3v) is 12.6. The number of hydrogen-bond donors (Lipinski definition) is 3. The number of ether oxygens (including phenoxy) is 1. The van der Waals surface area contributed by atoms with Crippen LogP contribution in [0.5, 0.6) is 0 Å². The van der Waals surface area contributed by atoms with Gasteiger partial charge < -0.3 is 20.1 Å². The zero-order valence-corrected chi connectivity index (χ0v) is 23.0. The van der Waals surface area contributed by atoms with Crippen LogP contribution in [0.3, 0.4) is 0 Å². The summed E-state index contributed by atoms with van der Waals surface area (Å²) in [5, 5.41) is 32.5. The van der Waals surface area contributed by atoms with Crippen molar-refractivity contribution < 1.29 is 29.6 Å². The Bertz CT molecular complexity index is 980. The minimum Gasteiger partial charge on any atom is -0.481 e. The average Bonchev–Trinajstić information content (AvgIpc) is 3.35. The number of aliphatic hydroxyl groups is 2. The van der Waals surface area contributed by atoms with E-state index >= 15 is 0 Å². The Balaban J connectivity index is 1.48. The van der Waals surface area contributed by atoms with Crippen molar-refractivity contribution in [1.82, 2.24) is 0 Å². The van der Waals surface area contributed by atoms with Gasteiger partial charge in [-0.3, -0.25) is 4.79 Å². The molecule has 0 aromatic rings. The van der Waals surface area contributed by atoms with Crippen LogP contribution in [0.4, 0.5) is 0 Å². The Hall–Kier alpha value is -1.40. The number of rotatable bonds is 6. The summed E-state index contributed by atoms with van der Waals surface area (Å²) in [4.78, 5) is 23.9. The molecule has 5 rings (SSSR count). The molecule has 0 amide bonds. The highest BCUT2D eigenvalue weighted by Crippen LogP contribution is 2.87. The molecule has 0 radical (unpaired) electrons. The zero-order valence-electron chi connectivity index (χ0n) is 23.0. The van der Waals surface area contributed by atoms with Gasteiger partial charge in [-0.05, 0) is 111 Å². The quantitative estimate of drug-likeness (QED) is 0.436. The summed E-state index contributed by atoms with van der Waals surface area (Å²) >= 11 is 0. The molecule has 36 heavy (non-hydrogen) atoms. The first kappa shape index (κ1) is 26.2. The number of esters is 1. The van der Waals surface area contributed by atoms with Gasteiger partial charge in [0, 0.05) is 18.4 Å². The molecule has 1 aliphatic heterocycles. The molecule has 4 fully saturated rings. The van der Waals surface area contributed by atoms with Crippen LogP contribution in [0.25, 0.3) is 0 Å². The lowest BCUT2D eigenvalue weighted by atomic mass is 9.42. The van der Waals surface area contributed by atoms with E-state index in [1.54, 1.807) is 0 Å². The highest BCUT2D eigenvalue weighted by molar-refractivity contribution is 5.88. The Morgan fingerprint density at radius 1 is 1.22 bits per heavy atom. The molecule has 0 aromatic carbocycles. The lowest BCUT2D eigenvalue weighted by molar-refractivity contribution is -0.194. The van der Waals surface area contributed by atoms with Gasteiger partial charge >= 0.3 is 11.9 Å². The van der Waals surface area contributed by atoms with Crippen LogP contribution in [0.2, 0.25) is 0 Å². The predicted octanol–water partition coefficient (Wildman–Crippen LogP) is 5.11. The molecule has 1 heterocycles. The summed E-state index contributed by atoms with van der Waals surface area (Å²) in [6.45, 7) is 12.5. The van der Waals surface area contributed by atoms with Crippen molar-refractivity contribution >= 4 is 11.9 Å². The lowest BCUT2D eigenvalue weighted by Gasteiger charge is -2.63. The van der Waals surface area contributed by atoms with Gasteiger partial charge in [-0.2, -0.15) is 0 Å². The standard InChI is InChI=1S/C30H46O6/c1-17-7-8-21(36-25(17)34)18(2)19-9-11-28(6)24-20(31)15-22(26(3,4)35)29(12-10-23(32)33)16-30(24,29)14-13-27(19,28)5/h7,18-22,24,31,35H,8-16H2,1-6H3,(H,32,33)/t18-,19+,20-,21-,22-,24?,27+,28-,29+,30-/m0/s1. The second-order valence-electron chi connectivity index (χ2n) is 14.3. The van der Waals surface area contributed by atoms with Crippen molar-refractivity contribution in [3.8, 4) is 0 Å². The maximum atomic E-state index is 12.3. The van der Waals surface area contributed by atoms with Crippen LogP contribution < -0.4 is 0 Å². The Morgan fingerprint density at radius 3 is 2.53 bits per heavy atom. The molecule has 202 valence electrons. The van der Waals surface area contributed by atoms with Crippen molar-refractivity contribution in [2.75, 3.05) is 0 Å². The number of aliphatic carboxylic acids is 1. The first-order chi connectivity index (χ1) is 16.6. The highest BCUT2D eigenvalue weighted by Gasteiger charge is 2.82. The molecular formula is C30H46O6. The van der Waals surface area contributed by atoms with Crippen LogP contribution >= 0.6 is 0 Å². The Morgan fingerprint density at radius 2 is 1.92 bits per heavy atom. The van der Waals surface area contributed by atoms with Crippen LogP contribution in [0, 0.1) is 45.3 Å². The van der Waals surface area contributed by atoms with Gasteiger partial charge in [0.15, 0.2) is 0 Å². The Labute approximate surface area is 215 Å². The van der Waals surface area contributed by atoms with E-state index in [9.17, 15) is 24.9 Å². The van der Waals surface area contributed by atoms with E-state index < -0.39 is 17.7 Å². The molecule has 3 N–H and O–H groups in total. The van der Waals surface area contributed by atoms with E-state index in [0.29, 0.717) is 24.3 Å². The molecule has 5 aliphatic rings. The maximum absolute atomic E-state index is 12.3. The fourth-order valence-corrected chi connectivity index (χ4v) is 10.7. The summed E-state index contributed by atoms with van der Waals surface area (Å²) in [6.07, 6.45) is 8.41. The van der Waals surface area contributed by atoms with Crippen LogP contribution in [-0.4, -0.2) is 45.1 Å². The van der Waals surface area contributed by atoms with E-state index in [1.165, 1.54) is 0 Å². The predicted molar refractivity (Wildman–Crippen MR) is 136 cm³/mol. The Kier molecular flexibility index (Phi) is 5.86. The fraction of sp³-hybridized carbons (Fsp3) is 0.867. The number of aliphatic hydroxyl groups excluding tert-OH is 1. The topological polar surface area (TPSA) is 104 Å². The number of cyclic esters (lactones) is 1. The highest BCUT2D eigenvalue weighted by atomic mass is 16.5. The summed E-state index contributed by atoms with van der Waals surface area (Å²) in [5.74, 6) is -0.346. The molecule has 6 nitrogen and oxygen atoms in total. The monoisotopic (exact) mass is 502 g/mol. The van der Waals surface area contributed by atoms with E-state index in [-0.39, 0.29) is 57.9 Å². The molecule has 4 saturated carbocycles. The van der Waals surface area contributed by atoms with Gasteiger partial charge in [0.1, 0.15) is 6.10 Å². The lowest BCUT2D eigenvalue weighted by Crippen LogP contribution is -2.60. The van der Waals surface area contributed by atoms with Crippen molar-refractivity contribution in [2.45, 2.75) is 117 Å². The largest absolute Gasteiger partial charge is 0.481 e. The number of fused-ring (bicyclic) bond motifs is 2. The van der Waals surface area contributed by atoms with Crippen molar-refractivity contribution in [3.63, 3.8) is 0 Å². The summed E-state index contributed by atoms with van der Waals surface area (Å²) in [6, 6.07) is 0. The van der Waals surface area contributed by atoms with Crippen LogP contribution in [0.1, 0.15) is 99.3 Å². The summed E-state index contributed by atoms with van der Waals surface area (Å²) in [7, 11) is 0. The van der Waals surface area contributed by atoms with E-state index in [0.717, 1.165) is 38.5 Å². The fourth-order valence-electron chi connectivity index (χ4n) is 10.7. The zero-order chi connectivity index (χ0) is 26.5. The van der Waals surface area contributed by atoms with Gasteiger partial charge in [-0.25, -0.2) is 4.79 Å². The smallest absolute Gasteiger partial charge is 0.333 e. The minimum absolute atomic E-state index is 0.00856. The van der Waals surface area contributed by atoms with Gasteiger partial charge in [0.2, 0.25) is 0 Å². The normalized spacial score (nSPS) is 48.7. The summed E-state index contributed by atoms with van der Waals surface area (Å²) < 4.78 is 5.87. The van der Waals surface area contributed by atoms with Crippen molar-refractivity contribution in [2.24, 2.45) is 45.3 Å². The third kappa shape index (κ3) is 3.35. The molecular weight excluding hydrogens is 456 g/mol. The van der Waals surface area contributed by atoms with E-state index in [1.807, 2.05) is 26.8 Å². The molecule has 1 unspecified atom stereocenters. The van der Waals surface area contributed by atoms with Gasteiger partial charge in [-0.15, -0.1) is 0 Å². The SMILES string of the molecule is CC1=CC[C@@H]([C@@H](C)[C@H]2CC[C@@]3(C)C4[C@@H](O)C[C@@H](C(C)(C)O)[C@@]5(CCC(=O)O)C[C@@]45CC[C@]23C)OC1=O.